The zero-order chi connectivity index (χ0) is 14.7. The van der Waals surface area contributed by atoms with Gasteiger partial charge in [0.05, 0.1) is 0 Å². The zero-order valence-corrected chi connectivity index (χ0v) is 15.2. The summed E-state index contributed by atoms with van der Waals surface area (Å²) in [6.07, 6.45) is 4.47. The highest BCUT2D eigenvalue weighted by Gasteiger charge is 2.36. The third-order valence-electron chi connectivity index (χ3n) is 4.04. The van der Waals surface area contributed by atoms with Crippen LogP contribution in [0.3, 0.4) is 0 Å². The van der Waals surface area contributed by atoms with Gasteiger partial charge in [-0.1, -0.05) is 30.3 Å². The van der Waals surface area contributed by atoms with E-state index in [9.17, 15) is 4.79 Å². The standard InChI is InChI=1S/C17H22NO2S.BrH/c1-13-11-15(17(19)20-13)21-16-9-5-6-10-18(16)12-14-7-3-2-4-8-14;/h2-4,7-8,13,15H,5-6,9-12H2,1H3;1H/q+1;/p-1. The molecular formula is C17H22BrNO2S. The molecular weight excluding hydrogens is 362 g/mol. The molecule has 1 saturated heterocycles. The van der Waals surface area contributed by atoms with Crippen LogP contribution in [0, 0.1) is 0 Å². The van der Waals surface area contributed by atoms with Crippen molar-refractivity contribution in [3.63, 3.8) is 0 Å². The predicted octanol–water partition coefficient (Wildman–Crippen LogP) is 0.223. The Morgan fingerprint density at radius 2 is 2.05 bits per heavy atom. The summed E-state index contributed by atoms with van der Waals surface area (Å²) in [5.74, 6) is -0.0368. The summed E-state index contributed by atoms with van der Waals surface area (Å²) in [6.45, 7) is 4.01. The van der Waals surface area contributed by atoms with E-state index < -0.39 is 0 Å². The Kier molecular flexibility index (Phi) is 6.50. The number of thioether (sulfide) groups is 1. The second kappa shape index (κ2) is 8.16. The van der Waals surface area contributed by atoms with Crippen molar-refractivity contribution in [1.82, 2.24) is 0 Å². The van der Waals surface area contributed by atoms with Gasteiger partial charge in [0.25, 0.3) is 0 Å². The lowest BCUT2D eigenvalue weighted by Crippen LogP contribution is -3.00. The number of rotatable bonds is 3. The monoisotopic (exact) mass is 383 g/mol. The Morgan fingerprint density at radius 3 is 2.73 bits per heavy atom. The van der Waals surface area contributed by atoms with E-state index in [1.807, 2.05) is 6.92 Å². The van der Waals surface area contributed by atoms with Gasteiger partial charge in [0.1, 0.15) is 17.9 Å². The first-order valence-corrected chi connectivity index (χ1v) is 8.62. The number of carbonyl (C=O) groups excluding carboxylic acids is 1. The molecule has 0 radical (unpaired) electrons. The van der Waals surface area contributed by atoms with Crippen molar-refractivity contribution in [3.8, 4) is 0 Å². The predicted molar refractivity (Wildman–Crippen MR) is 85.7 cm³/mol. The number of carbonyl (C=O) groups is 1. The Hall–Kier alpha value is -0.810. The SMILES string of the molecule is CC1CC(SC2=[N+](Cc3ccccc3)CCCC2)C(=O)O1.[Br-]. The zero-order valence-electron chi connectivity index (χ0n) is 12.8. The molecule has 0 bridgehead atoms. The van der Waals surface area contributed by atoms with Crippen LogP contribution in [0.5, 0.6) is 0 Å². The summed E-state index contributed by atoms with van der Waals surface area (Å²) in [7, 11) is 0. The molecule has 0 N–H and O–H groups in total. The smallest absolute Gasteiger partial charge is 0.320 e. The van der Waals surface area contributed by atoms with Crippen molar-refractivity contribution in [2.75, 3.05) is 6.54 Å². The first-order chi connectivity index (χ1) is 10.2. The van der Waals surface area contributed by atoms with Crippen LogP contribution in [0.2, 0.25) is 0 Å². The van der Waals surface area contributed by atoms with Crippen LogP contribution < -0.4 is 17.0 Å². The third-order valence-corrected chi connectivity index (χ3v) is 5.45. The van der Waals surface area contributed by atoms with Crippen molar-refractivity contribution in [2.45, 2.75) is 50.5 Å². The third kappa shape index (κ3) is 4.35. The Morgan fingerprint density at radius 1 is 1.27 bits per heavy atom. The number of halogens is 1. The van der Waals surface area contributed by atoms with Crippen LogP contribution in [-0.2, 0) is 16.1 Å². The molecule has 2 atom stereocenters. The fourth-order valence-corrected chi connectivity index (χ4v) is 4.36. The quantitative estimate of drug-likeness (QED) is 0.552. The number of cyclic esters (lactones) is 1. The van der Waals surface area contributed by atoms with Gasteiger partial charge in [-0.25, -0.2) is 4.58 Å². The lowest BCUT2D eigenvalue weighted by molar-refractivity contribution is -0.546. The van der Waals surface area contributed by atoms with Gasteiger partial charge in [-0.05, 0) is 25.1 Å². The number of hydrogen-bond donors (Lipinski definition) is 0. The summed E-state index contributed by atoms with van der Waals surface area (Å²) in [5, 5.41) is 1.35. The van der Waals surface area contributed by atoms with Gasteiger partial charge in [-0.3, -0.25) is 4.79 Å². The molecule has 1 aromatic rings. The number of esters is 1. The first-order valence-electron chi connectivity index (χ1n) is 7.74. The van der Waals surface area contributed by atoms with Crippen molar-refractivity contribution >= 4 is 22.8 Å². The van der Waals surface area contributed by atoms with E-state index in [0.29, 0.717) is 0 Å². The van der Waals surface area contributed by atoms with Gasteiger partial charge in [-0.2, -0.15) is 0 Å². The summed E-state index contributed by atoms with van der Waals surface area (Å²) >= 11 is 1.74. The van der Waals surface area contributed by atoms with Gasteiger partial charge in [0, 0.05) is 24.8 Å². The average Bonchev–Trinajstić information content (AvgIpc) is 2.80. The molecule has 0 saturated carbocycles. The molecule has 5 heteroatoms. The summed E-state index contributed by atoms with van der Waals surface area (Å²) in [4.78, 5) is 11.8. The van der Waals surface area contributed by atoms with Crippen molar-refractivity contribution in [3.05, 3.63) is 35.9 Å². The number of hydrogen-bond acceptors (Lipinski definition) is 3. The topological polar surface area (TPSA) is 29.3 Å². The molecule has 120 valence electrons. The second-order valence-electron chi connectivity index (χ2n) is 5.85. The van der Waals surface area contributed by atoms with E-state index in [0.717, 1.165) is 25.9 Å². The van der Waals surface area contributed by atoms with E-state index in [1.54, 1.807) is 11.8 Å². The maximum absolute atomic E-state index is 11.8. The van der Waals surface area contributed by atoms with Crippen molar-refractivity contribution in [1.29, 1.82) is 0 Å². The maximum Gasteiger partial charge on any atom is 0.320 e. The average molecular weight is 384 g/mol. The molecule has 0 aliphatic carbocycles. The Balaban J connectivity index is 0.00000176. The molecule has 1 aromatic carbocycles. The van der Waals surface area contributed by atoms with E-state index in [4.69, 9.17) is 4.74 Å². The van der Waals surface area contributed by atoms with Crippen LogP contribution in [0.1, 0.15) is 38.2 Å². The highest BCUT2D eigenvalue weighted by molar-refractivity contribution is 8.14. The van der Waals surface area contributed by atoms with Crippen LogP contribution in [-0.4, -0.2) is 33.5 Å². The molecule has 3 nitrogen and oxygen atoms in total. The molecule has 1 fully saturated rings. The molecule has 3 rings (SSSR count). The lowest BCUT2D eigenvalue weighted by atomic mass is 10.1. The maximum atomic E-state index is 11.8. The van der Waals surface area contributed by atoms with E-state index in [2.05, 4.69) is 34.9 Å². The van der Waals surface area contributed by atoms with Gasteiger partial charge >= 0.3 is 5.97 Å². The van der Waals surface area contributed by atoms with Crippen LogP contribution in [0.15, 0.2) is 30.3 Å². The molecule has 2 heterocycles. The summed E-state index contributed by atoms with van der Waals surface area (Å²) in [5.41, 5.74) is 1.33. The van der Waals surface area contributed by atoms with Crippen molar-refractivity contribution in [2.24, 2.45) is 0 Å². The second-order valence-corrected chi connectivity index (χ2v) is 7.12. The fraction of sp³-hybridized carbons (Fsp3) is 0.529. The van der Waals surface area contributed by atoms with Crippen LogP contribution >= 0.6 is 11.8 Å². The molecule has 2 aliphatic rings. The lowest BCUT2D eigenvalue weighted by Gasteiger charge is -2.16. The van der Waals surface area contributed by atoms with Gasteiger partial charge in [0.2, 0.25) is 5.04 Å². The number of benzene rings is 1. The Labute approximate surface area is 146 Å². The first kappa shape index (κ1) is 17.5. The summed E-state index contributed by atoms with van der Waals surface area (Å²) in [6, 6.07) is 10.6. The van der Waals surface area contributed by atoms with Crippen LogP contribution in [0.25, 0.3) is 0 Å². The minimum absolute atomic E-state index is 0. The minimum atomic E-state index is -0.0368. The fourth-order valence-electron chi connectivity index (χ4n) is 2.95. The van der Waals surface area contributed by atoms with Crippen molar-refractivity contribution < 1.29 is 31.1 Å². The van der Waals surface area contributed by atoms with Gasteiger partial charge < -0.3 is 21.7 Å². The molecule has 0 amide bonds. The number of nitrogens with zero attached hydrogens (tertiary/aromatic N) is 1. The number of ether oxygens (including phenoxy) is 1. The van der Waals surface area contributed by atoms with Gasteiger partial charge in [-0.15, -0.1) is 0 Å². The molecule has 2 aliphatic heterocycles. The highest BCUT2D eigenvalue weighted by atomic mass is 79.9. The minimum Gasteiger partial charge on any atom is -1.00 e. The normalized spacial score (nSPS) is 24.9. The molecule has 0 aromatic heterocycles. The summed E-state index contributed by atoms with van der Waals surface area (Å²) < 4.78 is 7.72. The largest absolute Gasteiger partial charge is 1.00 e. The van der Waals surface area contributed by atoms with E-state index >= 15 is 0 Å². The highest BCUT2D eigenvalue weighted by Crippen LogP contribution is 2.30. The Bertz CT molecular complexity index is 547. The van der Waals surface area contributed by atoms with E-state index in [1.165, 1.54) is 23.4 Å². The molecule has 2 unspecified atom stereocenters. The molecule has 0 spiro atoms. The molecule has 22 heavy (non-hydrogen) atoms. The van der Waals surface area contributed by atoms with E-state index in [-0.39, 0.29) is 34.3 Å². The van der Waals surface area contributed by atoms with Crippen LogP contribution in [0.4, 0.5) is 0 Å². The van der Waals surface area contributed by atoms with Gasteiger partial charge in [0.15, 0.2) is 6.54 Å².